The van der Waals surface area contributed by atoms with Crippen LogP contribution in [0.2, 0.25) is 0 Å². The van der Waals surface area contributed by atoms with Crippen molar-refractivity contribution in [3.05, 3.63) is 117 Å². The van der Waals surface area contributed by atoms with E-state index in [1.54, 1.807) is 0 Å². The van der Waals surface area contributed by atoms with Gasteiger partial charge in [-0.1, -0.05) is 135 Å². The number of halogens is 2. The van der Waals surface area contributed by atoms with Gasteiger partial charge in [-0.2, -0.15) is 41.0 Å². The summed E-state index contributed by atoms with van der Waals surface area (Å²) in [6.07, 6.45) is 9.31. The Morgan fingerprint density at radius 3 is 1.65 bits per heavy atom. The van der Waals surface area contributed by atoms with E-state index in [0.29, 0.717) is 11.3 Å². The maximum absolute atomic E-state index is 3.57. The number of fused-ring (bicyclic) bond motifs is 3. The normalized spacial score (nSPS) is 15.2. The van der Waals surface area contributed by atoms with Crippen molar-refractivity contribution in [2.75, 3.05) is 0 Å². The largest absolute Gasteiger partial charge is 1.00 e. The summed E-state index contributed by atoms with van der Waals surface area (Å²) in [5, 5.41) is 0. The number of allylic oxidation sites excluding steroid dienone is 4. The topological polar surface area (TPSA) is 0 Å². The Morgan fingerprint density at radius 2 is 1.21 bits per heavy atom. The van der Waals surface area contributed by atoms with Gasteiger partial charge in [-0.3, -0.25) is 6.08 Å². The van der Waals surface area contributed by atoms with Crippen LogP contribution in [0.15, 0.2) is 71.8 Å². The van der Waals surface area contributed by atoms with Crippen LogP contribution in [-0.4, -0.2) is 3.71 Å². The molecule has 1 atom stereocenters. The van der Waals surface area contributed by atoms with Crippen LogP contribution < -0.4 is 24.8 Å². The van der Waals surface area contributed by atoms with Gasteiger partial charge in [0.05, 0.1) is 0 Å². The van der Waals surface area contributed by atoms with Gasteiger partial charge in [-0.05, 0) is 17.4 Å². The first-order valence-corrected chi connectivity index (χ1v) is 18.8. The minimum Gasteiger partial charge on any atom is -1.00 e. The minimum absolute atomic E-state index is 0. The van der Waals surface area contributed by atoms with Crippen LogP contribution in [0, 0.1) is 23.5 Å². The van der Waals surface area contributed by atoms with Crippen LogP contribution in [-0.2, 0) is 46.9 Å². The van der Waals surface area contributed by atoms with Crippen molar-refractivity contribution in [2.45, 2.75) is 132 Å². The van der Waals surface area contributed by atoms with Crippen molar-refractivity contribution in [3.63, 3.8) is 0 Å². The van der Waals surface area contributed by atoms with E-state index in [4.69, 9.17) is 0 Å². The maximum Gasteiger partial charge on any atom is -0.0640 e. The van der Waals surface area contributed by atoms with Gasteiger partial charge in [-0.15, -0.1) is 5.56 Å². The standard InChI is InChI=1S/C21H25.C13H21.C11H14.2ClH.Zr/c1-20(2,3)16-9-7-14-11-15-8-10-17(21(4,5)6)13-19(15)18(14)12-16;1-6-10-8-11(7-2)12(9-10)13(3,4)5;1-9-5-7-10(8-6-9)11(2,3)4;;;/h7,9-10,12-13H,11H2,1-6H3;9-10H,6-7H2,1-5H3;1,5-8H,2-4H3;2*1H;/q2*-1;;;;+2/p-2. The number of benzene rings is 3. The van der Waals surface area contributed by atoms with Crippen LogP contribution in [0.4, 0.5) is 0 Å². The second-order valence-electron chi connectivity index (χ2n) is 17.2. The molecule has 0 aromatic heterocycles. The average Bonchev–Trinajstić information content (AvgIpc) is 3.57. The van der Waals surface area contributed by atoms with Gasteiger partial charge in [-0.25, -0.2) is 5.57 Å². The Bertz CT molecular complexity index is 1500. The van der Waals surface area contributed by atoms with Gasteiger partial charge >= 0.3 is 89.5 Å². The summed E-state index contributed by atoms with van der Waals surface area (Å²) in [6.45, 7) is 31.7. The molecule has 0 spiro atoms. The summed E-state index contributed by atoms with van der Waals surface area (Å²) in [7, 11) is 0. The third-order valence-electron chi connectivity index (χ3n) is 9.12. The van der Waals surface area contributed by atoms with Gasteiger partial charge in [0.15, 0.2) is 0 Å². The molecule has 260 valence electrons. The summed E-state index contributed by atoms with van der Waals surface area (Å²) in [5.41, 5.74) is 15.0. The maximum atomic E-state index is 3.57. The van der Waals surface area contributed by atoms with Gasteiger partial charge < -0.3 is 24.8 Å². The molecular weight excluding hydrogens is 703 g/mol. The van der Waals surface area contributed by atoms with Gasteiger partial charge in [0.25, 0.3) is 0 Å². The molecule has 0 N–H and O–H groups in total. The summed E-state index contributed by atoms with van der Waals surface area (Å²) < 4.78 is 2.21. The fourth-order valence-corrected chi connectivity index (χ4v) is 6.40. The van der Waals surface area contributed by atoms with Crippen LogP contribution in [0.1, 0.15) is 143 Å². The molecule has 0 saturated heterocycles. The van der Waals surface area contributed by atoms with Crippen LogP contribution in [0.25, 0.3) is 11.1 Å². The molecule has 0 saturated carbocycles. The fraction of sp³-hybridized carbons (Fsp3) is 0.489. The van der Waals surface area contributed by atoms with Crippen LogP contribution in [0.3, 0.4) is 0 Å². The molecule has 0 radical (unpaired) electrons. The van der Waals surface area contributed by atoms with Crippen molar-refractivity contribution in [3.8, 4) is 11.1 Å². The SMILES string of the molecule is CC(C)(C)c1c[c-]c2c(c1)-c1cc(C(C)(C)C)ccc1C2.CC(C)(C)c1ccc([CH]=[Zr+2])cc1.CCC1=[C-]C(CC)C=C1C(C)(C)C.[Cl-].[Cl-]. The first kappa shape index (κ1) is 44.5. The molecule has 0 nitrogen and oxygen atoms in total. The predicted molar refractivity (Wildman–Crippen MR) is 200 cm³/mol. The third-order valence-corrected chi connectivity index (χ3v) is 9.94. The molecule has 3 aromatic carbocycles. The van der Waals surface area contributed by atoms with E-state index in [1.165, 1.54) is 86.3 Å². The first-order chi connectivity index (χ1) is 21.2. The van der Waals surface area contributed by atoms with E-state index < -0.39 is 0 Å². The monoisotopic (exact) mass is 760 g/mol. The fourth-order valence-electron chi connectivity index (χ4n) is 5.92. The molecule has 0 amide bonds. The number of rotatable bonds is 3. The van der Waals surface area contributed by atoms with Gasteiger partial charge in [0.2, 0.25) is 0 Å². The van der Waals surface area contributed by atoms with Gasteiger partial charge in [0, 0.05) is 0 Å². The zero-order chi connectivity index (χ0) is 34.7. The van der Waals surface area contributed by atoms with E-state index in [-0.39, 0.29) is 41.1 Å². The second-order valence-corrected chi connectivity index (χ2v) is 17.9. The number of hydrogen-bond acceptors (Lipinski definition) is 0. The van der Waals surface area contributed by atoms with Crippen molar-refractivity contribution < 1.29 is 49.0 Å². The van der Waals surface area contributed by atoms with E-state index in [2.05, 4.69) is 173 Å². The Hall–Kier alpha value is -1.53. The predicted octanol–water partition coefficient (Wildman–Crippen LogP) is 6.48. The van der Waals surface area contributed by atoms with Crippen molar-refractivity contribution >= 4 is 3.71 Å². The summed E-state index contributed by atoms with van der Waals surface area (Å²) >= 11 is 1.46. The van der Waals surface area contributed by atoms with E-state index in [1.807, 2.05) is 0 Å². The van der Waals surface area contributed by atoms with E-state index in [0.717, 1.165) is 12.8 Å². The zero-order valence-electron chi connectivity index (χ0n) is 32.3. The first-order valence-electron chi connectivity index (χ1n) is 17.3. The molecule has 5 rings (SSSR count). The molecule has 3 heteroatoms. The Labute approximate surface area is 322 Å². The van der Waals surface area contributed by atoms with E-state index in [9.17, 15) is 0 Å². The quantitative estimate of drug-likeness (QED) is 0.210. The van der Waals surface area contributed by atoms with Crippen molar-refractivity contribution in [2.24, 2.45) is 11.3 Å². The molecule has 2 aliphatic rings. The molecule has 0 aliphatic heterocycles. The van der Waals surface area contributed by atoms with Crippen molar-refractivity contribution in [1.29, 1.82) is 0 Å². The Morgan fingerprint density at radius 1 is 0.688 bits per heavy atom. The van der Waals surface area contributed by atoms with Crippen LogP contribution >= 0.6 is 0 Å². The van der Waals surface area contributed by atoms with Crippen LogP contribution in [0.5, 0.6) is 0 Å². The molecule has 0 fully saturated rings. The molecule has 0 heterocycles. The Kier molecular flexibility index (Phi) is 16.3. The van der Waals surface area contributed by atoms with Gasteiger partial charge in [0.1, 0.15) is 0 Å². The summed E-state index contributed by atoms with van der Waals surface area (Å²) in [6, 6.07) is 23.9. The average molecular weight is 763 g/mol. The molecule has 2 aliphatic carbocycles. The Balaban J connectivity index is 0.000000374. The molecule has 48 heavy (non-hydrogen) atoms. The molecular formula is C45H60Cl2Zr-2. The third kappa shape index (κ3) is 11.8. The summed E-state index contributed by atoms with van der Waals surface area (Å²) in [4.78, 5) is 0. The molecule has 0 bridgehead atoms. The zero-order valence-corrected chi connectivity index (χ0v) is 36.3. The second kappa shape index (κ2) is 17.6. The molecule has 3 aromatic rings. The minimum atomic E-state index is 0. The molecule has 1 unspecified atom stereocenters. The summed E-state index contributed by atoms with van der Waals surface area (Å²) in [5.74, 6) is 0.573. The van der Waals surface area contributed by atoms with Crippen molar-refractivity contribution in [1.82, 2.24) is 0 Å². The van der Waals surface area contributed by atoms with E-state index >= 15 is 0 Å². The smallest absolute Gasteiger partial charge is 0.0640 e. The number of hydrogen-bond donors (Lipinski definition) is 0.